The van der Waals surface area contributed by atoms with Crippen LogP contribution in [0.4, 0.5) is 0 Å². The van der Waals surface area contributed by atoms with E-state index in [0.29, 0.717) is 17.4 Å². The van der Waals surface area contributed by atoms with E-state index in [9.17, 15) is 4.79 Å². The third kappa shape index (κ3) is 4.23. The van der Waals surface area contributed by atoms with Gasteiger partial charge in [-0.15, -0.1) is 11.6 Å². The Hall–Kier alpha value is -1.02. The summed E-state index contributed by atoms with van der Waals surface area (Å²) in [6, 6.07) is 1.95. The lowest BCUT2D eigenvalue weighted by Gasteiger charge is -2.28. The van der Waals surface area contributed by atoms with Crippen molar-refractivity contribution < 1.29 is 4.42 Å². The van der Waals surface area contributed by atoms with E-state index >= 15 is 0 Å². The van der Waals surface area contributed by atoms with Crippen LogP contribution in [0.15, 0.2) is 15.3 Å². The van der Waals surface area contributed by atoms with Gasteiger partial charge in [-0.05, 0) is 45.3 Å². The summed E-state index contributed by atoms with van der Waals surface area (Å²) in [7, 11) is 0. The fourth-order valence-corrected chi connectivity index (χ4v) is 3.58. The second-order valence-corrected chi connectivity index (χ2v) is 6.85. The highest BCUT2D eigenvalue weighted by molar-refractivity contribution is 6.24. The van der Waals surface area contributed by atoms with Gasteiger partial charge in [-0.1, -0.05) is 38.2 Å². The fraction of sp³-hybridized carbons (Fsp3) is 0.611. The molecule has 1 aromatic heterocycles. The molecule has 0 amide bonds. The van der Waals surface area contributed by atoms with Crippen LogP contribution >= 0.6 is 11.6 Å². The van der Waals surface area contributed by atoms with Crippen LogP contribution in [0.3, 0.4) is 0 Å². The van der Waals surface area contributed by atoms with Crippen molar-refractivity contribution in [2.75, 3.05) is 0 Å². The van der Waals surface area contributed by atoms with Gasteiger partial charge in [0.1, 0.15) is 5.42 Å². The summed E-state index contributed by atoms with van der Waals surface area (Å²) in [6.07, 6.45) is 12.5. The van der Waals surface area contributed by atoms with E-state index in [1.807, 2.05) is 32.1 Å². The van der Waals surface area contributed by atoms with Crippen molar-refractivity contribution in [1.29, 1.82) is 0 Å². The Morgan fingerprint density at radius 3 is 2.33 bits per heavy atom. The third-order valence-corrected chi connectivity index (χ3v) is 4.92. The largest absolute Gasteiger partial charge is 0.423 e. The predicted molar refractivity (Wildman–Crippen MR) is 89.1 cm³/mol. The maximum Gasteiger partial charge on any atom is 0.339 e. The molecule has 0 saturated heterocycles. The lowest BCUT2D eigenvalue weighted by Crippen LogP contribution is -2.34. The van der Waals surface area contributed by atoms with Gasteiger partial charge in [-0.3, -0.25) is 0 Å². The van der Waals surface area contributed by atoms with Crippen molar-refractivity contribution in [2.24, 2.45) is 0 Å². The van der Waals surface area contributed by atoms with Crippen molar-refractivity contribution in [3.05, 3.63) is 32.7 Å². The normalized spacial score (nSPS) is 21.1. The number of rotatable bonds is 2. The first-order valence-electron chi connectivity index (χ1n) is 8.02. The molecule has 0 aromatic carbocycles. The molecule has 0 spiro atoms. The second kappa shape index (κ2) is 7.31. The molecule has 2 nitrogen and oxygen atoms in total. The summed E-state index contributed by atoms with van der Waals surface area (Å²) in [4.78, 5) is 11.9. The van der Waals surface area contributed by atoms with Gasteiger partial charge in [0, 0.05) is 15.7 Å². The highest BCUT2D eigenvalue weighted by atomic mass is 35.5. The Bertz CT molecular complexity index is 634. The molecule has 21 heavy (non-hydrogen) atoms. The highest BCUT2D eigenvalue weighted by Gasteiger charge is 2.29. The lowest BCUT2D eigenvalue weighted by molar-refractivity contribution is 0.394. The molecule has 0 unspecified atom stereocenters. The Morgan fingerprint density at radius 2 is 1.76 bits per heavy atom. The summed E-state index contributed by atoms with van der Waals surface area (Å²) in [6.45, 7) is 3.83. The Labute approximate surface area is 131 Å². The quantitative estimate of drug-likeness (QED) is 0.783. The zero-order valence-corrected chi connectivity index (χ0v) is 13.8. The number of hydrogen-bond donors (Lipinski definition) is 0. The van der Waals surface area contributed by atoms with Crippen LogP contribution in [-0.2, 0) is 6.42 Å². The Kier molecular flexibility index (Phi) is 5.69. The standard InChI is InChI=1S/C18H25ClO2/c1-3-14-12-15(17(20)21-16(14)4-2)13-18(19)10-8-6-5-7-9-11-18/h3-4,12H,5-11,13H2,1-2H3/b14-3-,16-4+. The minimum absolute atomic E-state index is 0.240. The predicted octanol–water partition coefficient (Wildman–Crippen LogP) is 3.51. The summed E-state index contributed by atoms with van der Waals surface area (Å²) in [5.41, 5.74) is 1.12. The first kappa shape index (κ1) is 16.4. The van der Waals surface area contributed by atoms with Gasteiger partial charge in [0.05, 0.1) is 0 Å². The maximum atomic E-state index is 12.2. The summed E-state index contributed by atoms with van der Waals surface area (Å²) in [5, 5.41) is 0.971. The highest BCUT2D eigenvalue weighted by Crippen LogP contribution is 2.34. The van der Waals surface area contributed by atoms with Crippen molar-refractivity contribution >= 4 is 23.8 Å². The molecule has 2 rings (SSSR count). The van der Waals surface area contributed by atoms with E-state index in [-0.39, 0.29) is 10.5 Å². The van der Waals surface area contributed by atoms with Crippen molar-refractivity contribution in [3.8, 4) is 0 Å². The molecule has 0 bridgehead atoms. The van der Waals surface area contributed by atoms with Gasteiger partial charge in [0.25, 0.3) is 0 Å². The van der Waals surface area contributed by atoms with E-state index in [1.54, 1.807) is 0 Å². The fourth-order valence-electron chi connectivity index (χ4n) is 3.17. The van der Waals surface area contributed by atoms with E-state index < -0.39 is 0 Å². The SMILES string of the molecule is C/C=c1/cc(CC2(Cl)CCCCCCC2)c(=O)o/c1=C/C. The summed E-state index contributed by atoms with van der Waals surface area (Å²) >= 11 is 6.83. The first-order valence-corrected chi connectivity index (χ1v) is 8.40. The molecule has 1 heterocycles. The first-order chi connectivity index (χ1) is 10.1. The third-order valence-electron chi connectivity index (χ3n) is 4.41. The molecule has 1 aliphatic rings. The van der Waals surface area contributed by atoms with Crippen LogP contribution < -0.4 is 16.3 Å². The van der Waals surface area contributed by atoms with E-state index in [2.05, 4.69) is 0 Å². The summed E-state index contributed by atoms with van der Waals surface area (Å²) < 4.78 is 5.42. The van der Waals surface area contributed by atoms with E-state index in [1.165, 1.54) is 19.3 Å². The van der Waals surface area contributed by atoms with Crippen LogP contribution in [0, 0.1) is 0 Å². The van der Waals surface area contributed by atoms with Crippen LogP contribution in [0.5, 0.6) is 0 Å². The Morgan fingerprint density at radius 1 is 1.14 bits per heavy atom. The molecule has 1 aromatic rings. The molecule has 3 heteroatoms. The van der Waals surface area contributed by atoms with Crippen molar-refractivity contribution in [1.82, 2.24) is 0 Å². The number of alkyl halides is 1. The zero-order valence-electron chi connectivity index (χ0n) is 13.1. The summed E-state index contributed by atoms with van der Waals surface area (Å²) in [5.74, 6) is 0. The van der Waals surface area contributed by atoms with Gasteiger partial charge < -0.3 is 4.42 Å². The molecule has 1 saturated carbocycles. The molecule has 116 valence electrons. The van der Waals surface area contributed by atoms with Crippen LogP contribution in [0.2, 0.25) is 0 Å². The van der Waals surface area contributed by atoms with E-state index in [0.717, 1.165) is 30.9 Å². The smallest absolute Gasteiger partial charge is 0.339 e. The molecule has 1 fully saturated rings. The van der Waals surface area contributed by atoms with Gasteiger partial charge in [-0.25, -0.2) is 4.79 Å². The molecule has 0 N–H and O–H groups in total. The molecule has 0 radical (unpaired) electrons. The van der Waals surface area contributed by atoms with Gasteiger partial charge in [0.2, 0.25) is 0 Å². The molecule has 0 aliphatic heterocycles. The van der Waals surface area contributed by atoms with E-state index in [4.69, 9.17) is 16.0 Å². The number of halogens is 1. The minimum atomic E-state index is -0.280. The van der Waals surface area contributed by atoms with Gasteiger partial charge in [0.15, 0.2) is 0 Å². The topological polar surface area (TPSA) is 30.2 Å². The molecular formula is C18H25ClO2. The van der Waals surface area contributed by atoms with Gasteiger partial charge >= 0.3 is 5.63 Å². The van der Waals surface area contributed by atoms with Crippen molar-refractivity contribution in [2.45, 2.75) is 70.1 Å². The molecular weight excluding hydrogens is 284 g/mol. The second-order valence-electron chi connectivity index (χ2n) is 6.05. The maximum absolute atomic E-state index is 12.2. The van der Waals surface area contributed by atoms with Crippen LogP contribution in [0.1, 0.15) is 64.4 Å². The van der Waals surface area contributed by atoms with Gasteiger partial charge in [-0.2, -0.15) is 0 Å². The lowest BCUT2D eigenvalue weighted by atomic mass is 9.86. The number of hydrogen-bond acceptors (Lipinski definition) is 2. The average Bonchev–Trinajstić information content (AvgIpc) is 2.45. The molecule has 0 atom stereocenters. The zero-order chi connectivity index (χ0) is 15.3. The minimum Gasteiger partial charge on any atom is -0.423 e. The molecule has 1 aliphatic carbocycles. The van der Waals surface area contributed by atoms with Crippen molar-refractivity contribution in [3.63, 3.8) is 0 Å². The van der Waals surface area contributed by atoms with Crippen LogP contribution in [0.25, 0.3) is 12.2 Å². The Balaban J connectivity index is 2.32. The monoisotopic (exact) mass is 308 g/mol. The average molecular weight is 309 g/mol. The van der Waals surface area contributed by atoms with Crippen LogP contribution in [-0.4, -0.2) is 4.87 Å².